The summed E-state index contributed by atoms with van der Waals surface area (Å²) < 4.78 is 5.19. The molecular formula is C16H14N2O2S. The summed E-state index contributed by atoms with van der Waals surface area (Å²) in [5.74, 6) is 1.28. The van der Waals surface area contributed by atoms with Crippen molar-refractivity contribution in [2.45, 2.75) is 19.8 Å². The molecule has 3 aromatic rings. The maximum absolute atomic E-state index is 12.2. The number of nitrogens with zero attached hydrogens (tertiary/aromatic N) is 2. The number of carbonyl (C=O) groups excluding carboxylic acids is 1. The summed E-state index contributed by atoms with van der Waals surface area (Å²) in [6.07, 6.45) is 0. The molecular weight excluding hydrogens is 284 g/mol. The lowest BCUT2D eigenvalue weighted by atomic mass is 9.98. The SMILES string of the molecule is Cc1noc(C(C)c2ccc(C(=O)c3cccs3)cc2)n1. The molecule has 0 saturated heterocycles. The molecule has 1 atom stereocenters. The zero-order valence-corrected chi connectivity index (χ0v) is 12.6. The van der Waals surface area contributed by atoms with Crippen LogP contribution in [0.15, 0.2) is 46.3 Å². The number of hydrogen-bond acceptors (Lipinski definition) is 5. The highest BCUT2D eigenvalue weighted by atomic mass is 32.1. The summed E-state index contributed by atoms with van der Waals surface area (Å²) in [5.41, 5.74) is 1.73. The van der Waals surface area contributed by atoms with E-state index >= 15 is 0 Å². The lowest BCUT2D eigenvalue weighted by Crippen LogP contribution is -2.01. The van der Waals surface area contributed by atoms with Crippen LogP contribution in [0.2, 0.25) is 0 Å². The van der Waals surface area contributed by atoms with Gasteiger partial charge in [-0.3, -0.25) is 4.79 Å². The van der Waals surface area contributed by atoms with Gasteiger partial charge in [0.15, 0.2) is 5.82 Å². The quantitative estimate of drug-likeness (QED) is 0.687. The van der Waals surface area contributed by atoms with Crippen LogP contribution < -0.4 is 0 Å². The first-order chi connectivity index (χ1) is 10.1. The molecule has 21 heavy (non-hydrogen) atoms. The molecule has 1 aromatic carbocycles. The fourth-order valence-electron chi connectivity index (χ4n) is 2.10. The molecule has 0 spiro atoms. The van der Waals surface area contributed by atoms with Crippen molar-refractivity contribution >= 4 is 17.1 Å². The Morgan fingerprint density at radius 3 is 2.57 bits per heavy atom. The summed E-state index contributed by atoms with van der Waals surface area (Å²) in [6.45, 7) is 3.80. The van der Waals surface area contributed by atoms with Gasteiger partial charge in [-0.25, -0.2) is 0 Å². The second-order valence-electron chi connectivity index (χ2n) is 4.83. The van der Waals surface area contributed by atoms with Crippen LogP contribution in [0.5, 0.6) is 0 Å². The number of hydrogen-bond donors (Lipinski definition) is 0. The van der Waals surface area contributed by atoms with Crippen LogP contribution >= 0.6 is 11.3 Å². The standard InChI is InChI=1S/C16H14N2O2S/c1-10(16-17-11(2)18-20-16)12-5-7-13(8-6-12)15(19)14-4-3-9-21-14/h3-10H,1-2H3. The predicted octanol–water partition coefficient (Wildman–Crippen LogP) is 3.82. The molecule has 0 amide bonds. The second-order valence-corrected chi connectivity index (χ2v) is 5.78. The third-order valence-electron chi connectivity index (χ3n) is 3.33. The summed E-state index contributed by atoms with van der Waals surface area (Å²) in [4.78, 5) is 17.2. The van der Waals surface area contributed by atoms with Crippen molar-refractivity contribution in [3.63, 3.8) is 0 Å². The number of thiophene rings is 1. The maximum atomic E-state index is 12.2. The topological polar surface area (TPSA) is 56.0 Å². The number of aromatic nitrogens is 2. The van der Waals surface area contributed by atoms with Gasteiger partial charge in [0.1, 0.15) is 0 Å². The molecule has 5 heteroatoms. The molecule has 0 N–H and O–H groups in total. The van der Waals surface area contributed by atoms with Gasteiger partial charge in [-0.1, -0.05) is 35.5 Å². The lowest BCUT2D eigenvalue weighted by Gasteiger charge is -2.07. The Hall–Kier alpha value is -2.27. The number of carbonyl (C=O) groups is 1. The minimum Gasteiger partial charge on any atom is -0.339 e. The molecule has 0 radical (unpaired) electrons. The van der Waals surface area contributed by atoms with Gasteiger partial charge in [0.25, 0.3) is 0 Å². The normalized spacial score (nSPS) is 12.3. The van der Waals surface area contributed by atoms with E-state index < -0.39 is 0 Å². The molecule has 1 unspecified atom stereocenters. The zero-order chi connectivity index (χ0) is 14.8. The minimum absolute atomic E-state index is 0.0112. The lowest BCUT2D eigenvalue weighted by molar-refractivity contribution is 0.104. The van der Waals surface area contributed by atoms with Crippen LogP contribution in [-0.2, 0) is 0 Å². The van der Waals surface area contributed by atoms with Crippen LogP contribution in [0.1, 0.15) is 45.4 Å². The van der Waals surface area contributed by atoms with Crippen LogP contribution in [0.3, 0.4) is 0 Å². The van der Waals surface area contributed by atoms with Gasteiger partial charge in [0.05, 0.1) is 10.8 Å². The van der Waals surface area contributed by atoms with E-state index in [1.807, 2.05) is 48.7 Å². The Kier molecular flexibility index (Phi) is 3.66. The van der Waals surface area contributed by atoms with Crippen molar-refractivity contribution in [1.82, 2.24) is 10.1 Å². The van der Waals surface area contributed by atoms with Crippen LogP contribution in [0.4, 0.5) is 0 Å². The summed E-state index contributed by atoms with van der Waals surface area (Å²) in [5, 5.41) is 5.71. The van der Waals surface area contributed by atoms with Crippen LogP contribution in [-0.4, -0.2) is 15.9 Å². The Morgan fingerprint density at radius 1 is 1.24 bits per heavy atom. The van der Waals surface area contributed by atoms with E-state index in [0.717, 1.165) is 10.4 Å². The molecule has 0 aliphatic rings. The number of aryl methyl sites for hydroxylation is 1. The fourth-order valence-corrected chi connectivity index (χ4v) is 2.79. The molecule has 4 nitrogen and oxygen atoms in total. The van der Waals surface area contributed by atoms with Gasteiger partial charge in [-0.15, -0.1) is 11.3 Å². The van der Waals surface area contributed by atoms with Crippen LogP contribution in [0, 0.1) is 6.92 Å². The van der Waals surface area contributed by atoms with Gasteiger partial charge in [-0.2, -0.15) is 4.98 Å². The molecule has 0 aliphatic carbocycles. The van der Waals surface area contributed by atoms with E-state index in [4.69, 9.17) is 4.52 Å². The highest BCUT2D eigenvalue weighted by Gasteiger charge is 2.16. The highest BCUT2D eigenvalue weighted by Crippen LogP contribution is 2.24. The Bertz CT molecular complexity index is 745. The monoisotopic (exact) mass is 298 g/mol. The first-order valence-corrected chi connectivity index (χ1v) is 7.51. The zero-order valence-electron chi connectivity index (χ0n) is 11.7. The Labute approximate surface area is 126 Å². The molecule has 2 aromatic heterocycles. The van der Waals surface area contributed by atoms with E-state index in [1.54, 1.807) is 6.92 Å². The van der Waals surface area contributed by atoms with Gasteiger partial charge < -0.3 is 4.52 Å². The van der Waals surface area contributed by atoms with Gasteiger partial charge in [0, 0.05) is 5.56 Å². The summed E-state index contributed by atoms with van der Waals surface area (Å²) >= 11 is 1.45. The van der Waals surface area contributed by atoms with Crippen LogP contribution in [0.25, 0.3) is 0 Å². The first-order valence-electron chi connectivity index (χ1n) is 6.63. The first kappa shape index (κ1) is 13.7. The summed E-state index contributed by atoms with van der Waals surface area (Å²) in [6, 6.07) is 11.3. The van der Waals surface area contributed by atoms with E-state index in [9.17, 15) is 4.79 Å². The van der Waals surface area contributed by atoms with Gasteiger partial charge >= 0.3 is 0 Å². The molecule has 0 aliphatic heterocycles. The number of rotatable bonds is 4. The summed E-state index contributed by atoms with van der Waals surface area (Å²) in [7, 11) is 0. The smallest absolute Gasteiger partial charge is 0.233 e. The predicted molar refractivity (Wildman–Crippen MR) is 80.7 cm³/mol. The minimum atomic E-state index is 0.0112. The van der Waals surface area contributed by atoms with Crippen molar-refractivity contribution in [2.24, 2.45) is 0 Å². The molecule has 106 valence electrons. The van der Waals surface area contributed by atoms with E-state index in [-0.39, 0.29) is 11.7 Å². The molecule has 3 rings (SSSR count). The Balaban J connectivity index is 1.82. The average Bonchev–Trinajstić information content (AvgIpc) is 3.17. The van der Waals surface area contributed by atoms with Crippen molar-refractivity contribution in [1.29, 1.82) is 0 Å². The molecule has 0 fully saturated rings. The van der Waals surface area contributed by atoms with Gasteiger partial charge in [-0.05, 0) is 30.9 Å². The average molecular weight is 298 g/mol. The van der Waals surface area contributed by atoms with Crippen molar-refractivity contribution in [3.8, 4) is 0 Å². The van der Waals surface area contributed by atoms with E-state index in [1.165, 1.54) is 11.3 Å². The van der Waals surface area contributed by atoms with Crippen molar-refractivity contribution < 1.29 is 9.32 Å². The maximum Gasteiger partial charge on any atom is 0.233 e. The van der Waals surface area contributed by atoms with Crippen molar-refractivity contribution in [2.75, 3.05) is 0 Å². The molecule has 0 saturated carbocycles. The third kappa shape index (κ3) is 2.78. The third-order valence-corrected chi connectivity index (χ3v) is 4.20. The number of benzene rings is 1. The number of ketones is 1. The van der Waals surface area contributed by atoms with E-state index in [2.05, 4.69) is 10.1 Å². The molecule has 0 bridgehead atoms. The largest absolute Gasteiger partial charge is 0.339 e. The fraction of sp³-hybridized carbons (Fsp3) is 0.188. The second kappa shape index (κ2) is 5.61. The Morgan fingerprint density at radius 2 is 2.00 bits per heavy atom. The van der Waals surface area contributed by atoms with E-state index in [0.29, 0.717) is 17.3 Å². The molecule has 2 heterocycles. The highest BCUT2D eigenvalue weighted by molar-refractivity contribution is 7.12. The van der Waals surface area contributed by atoms with Crippen molar-refractivity contribution in [3.05, 3.63) is 69.5 Å². The van der Waals surface area contributed by atoms with Gasteiger partial charge in [0.2, 0.25) is 11.7 Å².